The Hall–Kier alpha value is -0.930. The molecular formula is C14H20ClNO2. The first-order valence-electron chi connectivity index (χ1n) is 6.51. The quantitative estimate of drug-likeness (QED) is 0.834. The summed E-state index contributed by atoms with van der Waals surface area (Å²) < 4.78 is 11.3. The fraction of sp³-hybridized carbons (Fsp3) is 0.571. The van der Waals surface area contributed by atoms with E-state index < -0.39 is 0 Å². The van der Waals surface area contributed by atoms with Gasteiger partial charge >= 0.3 is 0 Å². The molecule has 1 aromatic rings. The molecule has 1 heterocycles. The highest BCUT2D eigenvalue weighted by Gasteiger charge is 2.21. The number of fused-ring (bicyclic) bond motifs is 1. The van der Waals surface area contributed by atoms with Crippen LogP contribution in [0.4, 0.5) is 0 Å². The van der Waals surface area contributed by atoms with Gasteiger partial charge in [0.1, 0.15) is 0 Å². The van der Waals surface area contributed by atoms with Crippen molar-refractivity contribution in [3.63, 3.8) is 0 Å². The van der Waals surface area contributed by atoms with E-state index in [2.05, 4.69) is 17.4 Å². The van der Waals surface area contributed by atoms with Crippen LogP contribution in [0, 0.1) is 0 Å². The summed E-state index contributed by atoms with van der Waals surface area (Å²) in [5, 5.41) is 3.42. The van der Waals surface area contributed by atoms with Crippen molar-refractivity contribution < 1.29 is 9.47 Å². The van der Waals surface area contributed by atoms with Crippen LogP contribution in [0.15, 0.2) is 12.1 Å². The van der Waals surface area contributed by atoms with Crippen LogP contribution in [0.25, 0.3) is 0 Å². The number of rotatable bonds is 5. The SMILES string of the molecule is CCOc1cc2c(cc1OCC)C(CCl)NCC2. The van der Waals surface area contributed by atoms with Gasteiger partial charge in [-0.05, 0) is 50.1 Å². The van der Waals surface area contributed by atoms with Crippen LogP contribution < -0.4 is 14.8 Å². The summed E-state index contributed by atoms with van der Waals surface area (Å²) in [6.45, 7) is 6.21. The third-order valence-electron chi connectivity index (χ3n) is 3.12. The highest BCUT2D eigenvalue weighted by Crippen LogP contribution is 2.35. The van der Waals surface area contributed by atoms with Crippen molar-refractivity contribution >= 4 is 11.6 Å². The third-order valence-corrected chi connectivity index (χ3v) is 3.43. The van der Waals surface area contributed by atoms with Gasteiger partial charge in [0.15, 0.2) is 11.5 Å². The molecule has 4 heteroatoms. The normalized spacial score (nSPS) is 18.3. The number of benzene rings is 1. The minimum absolute atomic E-state index is 0.213. The standard InChI is InChI=1S/C14H20ClNO2/c1-3-17-13-7-10-5-6-16-12(9-15)11(10)8-14(13)18-4-2/h7-8,12,16H,3-6,9H2,1-2H3. The maximum atomic E-state index is 6.00. The first-order valence-corrected chi connectivity index (χ1v) is 7.05. The molecule has 0 fully saturated rings. The van der Waals surface area contributed by atoms with Crippen molar-refractivity contribution in [2.45, 2.75) is 26.3 Å². The van der Waals surface area contributed by atoms with Gasteiger partial charge in [-0.1, -0.05) is 0 Å². The van der Waals surface area contributed by atoms with Gasteiger partial charge in [-0.15, -0.1) is 11.6 Å². The van der Waals surface area contributed by atoms with E-state index >= 15 is 0 Å². The summed E-state index contributed by atoms with van der Waals surface area (Å²) in [5.74, 6) is 2.23. The second-order valence-electron chi connectivity index (χ2n) is 4.27. The third kappa shape index (κ3) is 2.73. The Balaban J connectivity index is 2.39. The van der Waals surface area contributed by atoms with Gasteiger partial charge < -0.3 is 14.8 Å². The summed E-state index contributed by atoms with van der Waals surface area (Å²) >= 11 is 6.00. The van der Waals surface area contributed by atoms with Crippen molar-refractivity contribution in [2.24, 2.45) is 0 Å². The van der Waals surface area contributed by atoms with Crippen molar-refractivity contribution in [2.75, 3.05) is 25.6 Å². The van der Waals surface area contributed by atoms with E-state index in [0.29, 0.717) is 19.1 Å². The second-order valence-corrected chi connectivity index (χ2v) is 4.58. The molecule has 18 heavy (non-hydrogen) atoms. The zero-order valence-corrected chi connectivity index (χ0v) is 11.7. The van der Waals surface area contributed by atoms with Crippen molar-refractivity contribution in [3.8, 4) is 11.5 Å². The molecule has 0 spiro atoms. The van der Waals surface area contributed by atoms with Crippen LogP contribution in [0.2, 0.25) is 0 Å². The number of halogens is 1. The van der Waals surface area contributed by atoms with E-state index in [1.165, 1.54) is 11.1 Å². The molecule has 1 unspecified atom stereocenters. The Morgan fingerprint density at radius 3 is 2.50 bits per heavy atom. The van der Waals surface area contributed by atoms with E-state index in [0.717, 1.165) is 24.5 Å². The van der Waals surface area contributed by atoms with Crippen LogP contribution in [0.1, 0.15) is 31.0 Å². The zero-order valence-electron chi connectivity index (χ0n) is 11.0. The fourth-order valence-corrected chi connectivity index (χ4v) is 2.60. The number of hydrogen-bond donors (Lipinski definition) is 1. The lowest BCUT2D eigenvalue weighted by molar-refractivity contribution is 0.286. The lowest BCUT2D eigenvalue weighted by Crippen LogP contribution is -2.31. The molecule has 0 aromatic heterocycles. The predicted molar refractivity (Wildman–Crippen MR) is 73.9 cm³/mol. The van der Waals surface area contributed by atoms with Gasteiger partial charge in [0, 0.05) is 11.9 Å². The zero-order chi connectivity index (χ0) is 13.0. The van der Waals surface area contributed by atoms with Crippen LogP contribution in [0.5, 0.6) is 11.5 Å². The van der Waals surface area contributed by atoms with Crippen molar-refractivity contribution in [1.29, 1.82) is 0 Å². The largest absolute Gasteiger partial charge is 0.490 e. The van der Waals surface area contributed by atoms with Gasteiger partial charge in [-0.2, -0.15) is 0 Å². The summed E-state index contributed by atoms with van der Waals surface area (Å²) in [5.41, 5.74) is 2.55. The van der Waals surface area contributed by atoms with Gasteiger partial charge in [0.2, 0.25) is 0 Å². The van der Waals surface area contributed by atoms with Gasteiger partial charge in [0.05, 0.1) is 13.2 Å². The topological polar surface area (TPSA) is 30.5 Å². The molecule has 100 valence electrons. The molecule has 0 radical (unpaired) electrons. The average Bonchev–Trinajstić information content (AvgIpc) is 2.39. The van der Waals surface area contributed by atoms with E-state index in [1.54, 1.807) is 0 Å². The van der Waals surface area contributed by atoms with Crippen LogP contribution in [-0.4, -0.2) is 25.6 Å². The summed E-state index contributed by atoms with van der Waals surface area (Å²) in [4.78, 5) is 0. The lowest BCUT2D eigenvalue weighted by Gasteiger charge is -2.27. The number of alkyl halides is 1. The number of hydrogen-bond acceptors (Lipinski definition) is 3. The van der Waals surface area contributed by atoms with Gasteiger partial charge in [-0.3, -0.25) is 0 Å². The number of ether oxygens (including phenoxy) is 2. The Morgan fingerprint density at radius 2 is 1.89 bits per heavy atom. The highest BCUT2D eigenvalue weighted by atomic mass is 35.5. The molecule has 0 amide bonds. The molecule has 0 aliphatic carbocycles. The lowest BCUT2D eigenvalue weighted by atomic mass is 9.94. The highest BCUT2D eigenvalue weighted by molar-refractivity contribution is 6.18. The molecule has 1 aromatic carbocycles. The summed E-state index contributed by atoms with van der Waals surface area (Å²) in [6, 6.07) is 4.39. The van der Waals surface area contributed by atoms with Crippen LogP contribution in [-0.2, 0) is 6.42 Å². The van der Waals surface area contributed by atoms with E-state index in [9.17, 15) is 0 Å². The fourth-order valence-electron chi connectivity index (χ4n) is 2.32. The molecule has 1 aliphatic rings. The smallest absolute Gasteiger partial charge is 0.161 e. The van der Waals surface area contributed by atoms with E-state index in [4.69, 9.17) is 21.1 Å². The summed E-state index contributed by atoms with van der Waals surface area (Å²) in [6.07, 6.45) is 1.01. The molecule has 0 saturated heterocycles. The molecule has 1 N–H and O–H groups in total. The van der Waals surface area contributed by atoms with Gasteiger partial charge in [0.25, 0.3) is 0 Å². The molecular weight excluding hydrogens is 250 g/mol. The molecule has 0 saturated carbocycles. The van der Waals surface area contributed by atoms with Crippen molar-refractivity contribution in [1.82, 2.24) is 5.32 Å². The van der Waals surface area contributed by atoms with Crippen molar-refractivity contribution in [3.05, 3.63) is 23.3 Å². The Kier molecular flexibility index (Phi) is 4.72. The second kappa shape index (κ2) is 6.30. The maximum absolute atomic E-state index is 6.00. The minimum Gasteiger partial charge on any atom is -0.490 e. The molecule has 0 bridgehead atoms. The Bertz CT molecular complexity index is 409. The average molecular weight is 270 g/mol. The maximum Gasteiger partial charge on any atom is 0.161 e. The first-order chi connectivity index (χ1) is 8.80. The van der Waals surface area contributed by atoms with E-state index in [1.807, 2.05) is 13.8 Å². The Morgan fingerprint density at radius 1 is 1.22 bits per heavy atom. The monoisotopic (exact) mass is 269 g/mol. The molecule has 3 nitrogen and oxygen atoms in total. The first kappa shape index (κ1) is 13.5. The minimum atomic E-state index is 0.213. The van der Waals surface area contributed by atoms with Crippen LogP contribution >= 0.6 is 11.6 Å². The molecule has 2 rings (SSSR count). The predicted octanol–water partition coefficient (Wildman–Crippen LogP) is 2.91. The van der Waals surface area contributed by atoms with E-state index in [-0.39, 0.29) is 6.04 Å². The molecule has 1 atom stereocenters. The number of nitrogens with one attached hydrogen (secondary N) is 1. The van der Waals surface area contributed by atoms with Crippen LogP contribution in [0.3, 0.4) is 0 Å². The van der Waals surface area contributed by atoms with Gasteiger partial charge in [-0.25, -0.2) is 0 Å². The summed E-state index contributed by atoms with van der Waals surface area (Å²) in [7, 11) is 0. The Labute approximate surface area is 113 Å². The molecule has 1 aliphatic heterocycles.